The first-order valence-corrected chi connectivity index (χ1v) is 9.90. The molecule has 0 amide bonds. The van der Waals surface area contributed by atoms with Gasteiger partial charge in [-0.2, -0.15) is 4.31 Å². The smallest absolute Gasteiger partial charge is 0.252 e. The van der Waals surface area contributed by atoms with Crippen molar-refractivity contribution in [3.63, 3.8) is 0 Å². The van der Waals surface area contributed by atoms with Gasteiger partial charge in [0.25, 0.3) is 10.0 Å². The van der Waals surface area contributed by atoms with E-state index in [9.17, 15) is 8.42 Å². The van der Waals surface area contributed by atoms with Crippen molar-refractivity contribution in [1.29, 1.82) is 0 Å². The fourth-order valence-electron chi connectivity index (χ4n) is 2.49. The lowest BCUT2D eigenvalue weighted by atomic mass is 10.3. The summed E-state index contributed by atoms with van der Waals surface area (Å²) in [4.78, 5) is 2.33. The van der Waals surface area contributed by atoms with Gasteiger partial charge in [0.15, 0.2) is 0 Å². The fourth-order valence-corrected chi connectivity index (χ4v) is 5.27. The van der Waals surface area contributed by atoms with Gasteiger partial charge < -0.3 is 10.2 Å². The quantitative estimate of drug-likeness (QED) is 0.824. The van der Waals surface area contributed by atoms with E-state index in [2.05, 4.69) is 17.1 Å². The van der Waals surface area contributed by atoms with E-state index >= 15 is 0 Å². The zero-order valence-corrected chi connectivity index (χ0v) is 14.5. The first kappa shape index (κ1) is 16.9. The lowest BCUT2D eigenvalue weighted by Gasteiger charge is -2.33. The molecule has 5 nitrogen and oxygen atoms in total. The number of thiophene rings is 1. The van der Waals surface area contributed by atoms with Crippen LogP contribution in [0.15, 0.2) is 15.7 Å². The van der Waals surface area contributed by atoms with Crippen LogP contribution >= 0.6 is 11.3 Å². The number of nitrogens with one attached hydrogen (secondary N) is 1. The predicted octanol–water partition coefficient (Wildman–Crippen LogP) is 1.57. The van der Waals surface area contributed by atoms with Gasteiger partial charge in [-0.05, 0) is 36.5 Å². The molecule has 7 heteroatoms. The largest absolute Gasteiger partial charge is 0.313 e. The highest BCUT2D eigenvalue weighted by Gasteiger charge is 2.29. The summed E-state index contributed by atoms with van der Waals surface area (Å²) in [5, 5.41) is 5.15. The first-order valence-electron chi connectivity index (χ1n) is 7.58. The summed E-state index contributed by atoms with van der Waals surface area (Å²) in [6.07, 6.45) is 1.12. The molecule has 2 rings (SSSR count). The predicted molar refractivity (Wildman–Crippen MR) is 87.2 cm³/mol. The summed E-state index contributed by atoms with van der Waals surface area (Å²) in [6, 6.07) is 1.81. The van der Waals surface area contributed by atoms with Crippen LogP contribution in [0.5, 0.6) is 0 Å². The Morgan fingerprint density at radius 1 is 1.24 bits per heavy atom. The maximum Gasteiger partial charge on any atom is 0.252 e. The van der Waals surface area contributed by atoms with Crippen molar-refractivity contribution in [3.8, 4) is 0 Å². The zero-order valence-electron chi connectivity index (χ0n) is 12.8. The minimum absolute atomic E-state index is 0.472. The lowest BCUT2D eigenvalue weighted by Crippen LogP contribution is -2.48. The van der Waals surface area contributed by atoms with Crippen LogP contribution in [0.25, 0.3) is 0 Å². The monoisotopic (exact) mass is 331 g/mol. The van der Waals surface area contributed by atoms with Crippen LogP contribution in [0.3, 0.4) is 0 Å². The second-order valence-electron chi connectivity index (χ2n) is 5.30. The Balaban J connectivity index is 2.00. The van der Waals surface area contributed by atoms with E-state index in [0.717, 1.165) is 44.7 Å². The van der Waals surface area contributed by atoms with Gasteiger partial charge in [-0.3, -0.25) is 0 Å². The van der Waals surface area contributed by atoms with Gasteiger partial charge in [-0.15, -0.1) is 11.3 Å². The van der Waals surface area contributed by atoms with E-state index < -0.39 is 10.0 Å². The second kappa shape index (κ2) is 7.69. The average Bonchev–Trinajstić information content (AvgIpc) is 2.96. The minimum atomic E-state index is -3.31. The van der Waals surface area contributed by atoms with Crippen LogP contribution in [0.2, 0.25) is 0 Å². The van der Waals surface area contributed by atoms with Gasteiger partial charge in [-0.25, -0.2) is 8.42 Å². The average molecular weight is 332 g/mol. The topological polar surface area (TPSA) is 52.7 Å². The number of hydrogen-bond donors (Lipinski definition) is 1. The number of nitrogens with zero attached hydrogens (tertiary/aromatic N) is 2. The van der Waals surface area contributed by atoms with Crippen LogP contribution in [0, 0.1) is 0 Å². The van der Waals surface area contributed by atoms with E-state index in [0.29, 0.717) is 17.3 Å². The summed E-state index contributed by atoms with van der Waals surface area (Å²) in [5.74, 6) is 0. The second-order valence-corrected chi connectivity index (χ2v) is 8.38. The molecular formula is C14H25N3O2S2. The molecule has 0 saturated carbocycles. The highest BCUT2D eigenvalue weighted by atomic mass is 32.2. The van der Waals surface area contributed by atoms with Crippen LogP contribution in [0.1, 0.15) is 25.8 Å². The van der Waals surface area contributed by atoms with Crippen molar-refractivity contribution in [1.82, 2.24) is 14.5 Å². The number of rotatable bonds is 7. The highest BCUT2D eigenvalue weighted by Crippen LogP contribution is 2.24. The van der Waals surface area contributed by atoms with Crippen molar-refractivity contribution in [2.24, 2.45) is 0 Å². The molecule has 0 radical (unpaired) electrons. The Labute approximate surface area is 132 Å². The van der Waals surface area contributed by atoms with Gasteiger partial charge in [-0.1, -0.05) is 13.8 Å². The van der Waals surface area contributed by atoms with Crippen molar-refractivity contribution in [2.45, 2.75) is 31.0 Å². The molecule has 1 aliphatic rings. The Kier molecular flexibility index (Phi) is 6.19. The molecule has 0 bridgehead atoms. The fraction of sp³-hybridized carbons (Fsp3) is 0.714. The van der Waals surface area contributed by atoms with Gasteiger partial charge >= 0.3 is 0 Å². The van der Waals surface area contributed by atoms with Crippen molar-refractivity contribution < 1.29 is 8.42 Å². The van der Waals surface area contributed by atoms with Gasteiger partial charge in [0.1, 0.15) is 4.21 Å². The van der Waals surface area contributed by atoms with E-state index in [1.54, 1.807) is 10.4 Å². The molecule has 1 aromatic heterocycles. The Hall–Kier alpha value is -0.470. The van der Waals surface area contributed by atoms with Crippen LogP contribution in [-0.4, -0.2) is 56.9 Å². The van der Waals surface area contributed by atoms with Crippen molar-refractivity contribution in [3.05, 3.63) is 17.0 Å². The molecule has 1 fully saturated rings. The standard InChI is InChI=1S/C14H25N3O2S2/c1-3-5-16-6-8-17(9-7-16)21(18,19)14-10-13(12-20-14)11-15-4-2/h10,12,15H,3-9,11H2,1-2H3. The van der Waals surface area contributed by atoms with Gasteiger partial charge in [0, 0.05) is 32.7 Å². The number of sulfonamides is 1. The third-order valence-electron chi connectivity index (χ3n) is 3.67. The summed E-state index contributed by atoms with van der Waals surface area (Å²) in [6.45, 7) is 9.74. The molecule has 1 saturated heterocycles. The molecule has 21 heavy (non-hydrogen) atoms. The SMILES string of the molecule is CCCN1CCN(S(=O)(=O)c2cc(CNCC)cs2)CC1. The van der Waals surface area contributed by atoms with Gasteiger partial charge in [0.05, 0.1) is 0 Å². The molecule has 1 aliphatic heterocycles. The Morgan fingerprint density at radius 2 is 1.95 bits per heavy atom. The summed E-state index contributed by atoms with van der Waals surface area (Å²) < 4.78 is 27.4. The molecule has 0 atom stereocenters. The number of piperazine rings is 1. The third kappa shape index (κ3) is 4.26. The third-order valence-corrected chi connectivity index (χ3v) is 7.04. The first-order chi connectivity index (χ1) is 10.1. The van der Waals surface area contributed by atoms with Gasteiger partial charge in [0.2, 0.25) is 0 Å². The molecule has 0 spiro atoms. The van der Waals surface area contributed by atoms with Crippen LogP contribution in [0.4, 0.5) is 0 Å². The van der Waals surface area contributed by atoms with Crippen LogP contribution < -0.4 is 5.32 Å². The molecule has 0 aliphatic carbocycles. The summed E-state index contributed by atoms with van der Waals surface area (Å²) >= 11 is 1.33. The molecule has 0 unspecified atom stereocenters. The van der Waals surface area contributed by atoms with E-state index in [1.807, 2.05) is 12.3 Å². The normalized spacial score (nSPS) is 18.2. The molecular weight excluding hydrogens is 306 g/mol. The maximum atomic E-state index is 12.6. The number of hydrogen-bond acceptors (Lipinski definition) is 5. The maximum absolute atomic E-state index is 12.6. The summed E-state index contributed by atoms with van der Waals surface area (Å²) in [5.41, 5.74) is 1.05. The minimum Gasteiger partial charge on any atom is -0.313 e. The van der Waals surface area contributed by atoms with E-state index in [1.165, 1.54) is 11.3 Å². The summed E-state index contributed by atoms with van der Waals surface area (Å²) in [7, 11) is -3.31. The Morgan fingerprint density at radius 3 is 2.57 bits per heavy atom. The molecule has 1 aromatic rings. The highest BCUT2D eigenvalue weighted by molar-refractivity contribution is 7.91. The lowest BCUT2D eigenvalue weighted by molar-refractivity contribution is 0.189. The zero-order chi connectivity index (χ0) is 15.3. The van der Waals surface area contributed by atoms with Crippen molar-refractivity contribution >= 4 is 21.4 Å². The van der Waals surface area contributed by atoms with Crippen LogP contribution in [-0.2, 0) is 16.6 Å². The Bertz CT molecular complexity index is 534. The van der Waals surface area contributed by atoms with E-state index in [4.69, 9.17) is 0 Å². The molecule has 120 valence electrons. The van der Waals surface area contributed by atoms with Crippen molar-refractivity contribution in [2.75, 3.05) is 39.3 Å². The molecule has 2 heterocycles. The molecule has 1 N–H and O–H groups in total. The van der Waals surface area contributed by atoms with E-state index in [-0.39, 0.29) is 0 Å². The molecule has 0 aromatic carbocycles.